The van der Waals surface area contributed by atoms with Crippen molar-refractivity contribution in [1.82, 2.24) is 0 Å². The van der Waals surface area contributed by atoms with Crippen molar-refractivity contribution in [2.24, 2.45) is 0 Å². The third-order valence-electron chi connectivity index (χ3n) is 3.30. The molecule has 0 heteroatoms. The van der Waals surface area contributed by atoms with Crippen LogP contribution in [0.25, 0.3) is 6.08 Å². The Balaban J connectivity index is 2.24. The lowest BCUT2D eigenvalue weighted by Crippen LogP contribution is -1.90. The summed E-state index contributed by atoms with van der Waals surface area (Å²) in [6.07, 6.45) is 10.8. The second kappa shape index (κ2) is 8.74. The van der Waals surface area contributed by atoms with Gasteiger partial charge in [-0.3, -0.25) is 0 Å². The van der Waals surface area contributed by atoms with Gasteiger partial charge in [0.25, 0.3) is 0 Å². The first kappa shape index (κ1) is 14.8. The molecule has 0 aliphatic heterocycles. The van der Waals surface area contributed by atoms with Crippen LogP contribution in [-0.4, -0.2) is 0 Å². The van der Waals surface area contributed by atoms with E-state index in [2.05, 4.69) is 44.3 Å². The molecular formula is C18H26. The molecule has 0 N–H and O–H groups in total. The van der Waals surface area contributed by atoms with Gasteiger partial charge in [-0.2, -0.15) is 0 Å². The minimum atomic E-state index is 1.02. The van der Waals surface area contributed by atoms with Crippen LogP contribution in [-0.2, 0) is 6.42 Å². The minimum Gasteiger partial charge on any atom is -0.0995 e. The van der Waals surface area contributed by atoms with Gasteiger partial charge in [0.1, 0.15) is 0 Å². The summed E-state index contributed by atoms with van der Waals surface area (Å²) >= 11 is 0. The summed E-state index contributed by atoms with van der Waals surface area (Å²) in [6, 6.07) is 8.60. The van der Waals surface area contributed by atoms with E-state index in [9.17, 15) is 0 Å². The van der Waals surface area contributed by atoms with Crippen molar-refractivity contribution in [3.63, 3.8) is 0 Å². The normalized spacial score (nSPS) is 10.3. The van der Waals surface area contributed by atoms with Crippen LogP contribution in [0, 0.1) is 0 Å². The zero-order chi connectivity index (χ0) is 13.2. The zero-order valence-corrected chi connectivity index (χ0v) is 11.8. The fourth-order valence-corrected chi connectivity index (χ4v) is 2.13. The molecule has 98 valence electrons. The van der Waals surface area contributed by atoms with Crippen LogP contribution in [0.4, 0.5) is 0 Å². The number of benzene rings is 1. The highest BCUT2D eigenvalue weighted by atomic mass is 14.0. The van der Waals surface area contributed by atoms with Crippen molar-refractivity contribution in [3.05, 3.63) is 54.1 Å². The number of rotatable bonds is 9. The van der Waals surface area contributed by atoms with Gasteiger partial charge in [-0.25, -0.2) is 0 Å². The average Bonchev–Trinajstić information content (AvgIpc) is 2.39. The van der Waals surface area contributed by atoms with Crippen molar-refractivity contribution < 1.29 is 0 Å². The van der Waals surface area contributed by atoms with Crippen LogP contribution in [0.3, 0.4) is 0 Å². The van der Waals surface area contributed by atoms with E-state index in [1.165, 1.54) is 55.2 Å². The molecule has 0 saturated carbocycles. The van der Waals surface area contributed by atoms with Crippen molar-refractivity contribution in [3.8, 4) is 0 Å². The first-order chi connectivity index (χ1) is 8.76. The molecule has 0 unspecified atom stereocenters. The van der Waals surface area contributed by atoms with E-state index < -0.39 is 0 Å². The summed E-state index contributed by atoms with van der Waals surface area (Å²) in [7, 11) is 0. The van der Waals surface area contributed by atoms with E-state index >= 15 is 0 Å². The molecule has 0 nitrogen and oxygen atoms in total. The van der Waals surface area contributed by atoms with Crippen molar-refractivity contribution in [2.45, 2.75) is 51.9 Å². The molecule has 0 aromatic heterocycles. The van der Waals surface area contributed by atoms with Gasteiger partial charge in [-0.1, -0.05) is 81.7 Å². The molecule has 0 fully saturated rings. The van der Waals surface area contributed by atoms with Gasteiger partial charge in [-0.05, 0) is 30.4 Å². The number of hydrogen-bond acceptors (Lipinski definition) is 0. The lowest BCUT2D eigenvalue weighted by atomic mass is 10.00. The number of unbranched alkanes of at least 4 members (excludes halogenated alkanes) is 4. The smallest absolute Gasteiger partial charge is 0.00698 e. The zero-order valence-electron chi connectivity index (χ0n) is 11.8. The molecule has 0 saturated heterocycles. The lowest BCUT2D eigenvalue weighted by molar-refractivity contribution is 0.628. The third-order valence-corrected chi connectivity index (χ3v) is 3.30. The van der Waals surface area contributed by atoms with E-state index in [0.717, 1.165) is 6.42 Å². The van der Waals surface area contributed by atoms with Crippen LogP contribution in [0.2, 0.25) is 0 Å². The Kier molecular flexibility index (Phi) is 7.17. The van der Waals surface area contributed by atoms with Gasteiger partial charge in [0, 0.05) is 0 Å². The summed E-state index contributed by atoms with van der Waals surface area (Å²) in [5, 5.41) is 0. The summed E-state index contributed by atoms with van der Waals surface area (Å²) in [5.41, 5.74) is 3.90. The Morgan fingerprint density at radius 2 is 1.72 bits per heavy atom. The van der Waals surface area contributed by atoms with Crippen LogP contribution in [0.1, 0.15) is 56.6 Å². The molecule has 0 radical (unpaired) electrons. The molecule has 0 amide bonds. The summed E-state index contributed by atoms with van der Waals surface area (Å²) < 4.78 is 0. The first-order valence-corrected chi connectivity index (χ1v) is 7.14. The highest BCUT2D eigenvalue weighted by Gasteiger charge is 1.98. The quantitative estimate of drug-likeness (QED) is 0.380. The summed E-state index contributed by atoms with van der Waals surface area (Å²) in [5.74, 6) is 0. The van der Waals surface area contributed by atoms with Gasteiger partial charge in [0.05, 0.1) is 0 Å². The molecule has 0 bridgehead atoms. The van der Waals surface area contributed by atoms with E-state index in [4.69, 9.17) is 0 Å². The van der Waals surface area contributed by atoms with Gasteiger partial charge in [-0.15, -0.1) is 0 Å². The van der Waals surface area contributed by atoms with Crippen LogP contribution in [0.15, 0.2) is 43.0 Å². The Morgan fingerprint density at radius 1 is 1.06 bits per heavy atom. The summed E-state index contributed by atoms with van der Waals surface area (Å²) in [4.78, 5) is 0. The highest BCUT2D eigenvalue weighted by Crippen LogP contribution is 2.15. The maximum atomic E-state index is 4.19. The van der Waals surface area contributed by atoms with Crippen LogP contribution >= 0.6 is 0 Å². The Bertz CT molecular complexity index is 356. The molecular weight excluding hydrogens is 216 g/mol. The first-order valence-electron chi connectivity index (χ1n) is 7.14. The molecule has 1 aromatic carbocycles. The fourth-order valence-electron chi connectivity index (χ4n) is 2.13. The van der Waals surface area contributed by atoms with Crippen molar-refractivity contribution in [2.75, 3.05) is 0 Å². The largest absolute Gasteiger partial charge is 0.0995 e. The van der Waals surface area contributed by atoms with Gasteiger partial charge < -0.3 is 0 Å². The maximum Gasteiger partial charge on any atom is -0.00698 e. The van der Waals surface area contributed by atoms with E-state index in [1.807, 2.05) is 6.08 Å². The van der Waals surface area contributed by atoms with E-state index in [-0.39, 0.29) is 0 Å². The van der Waals surface area contributed by atoms with Crippen molar-refractivity contribution >= 4 is 6.08 Å². The van der Waals surface area contributed by atoms with E-state index in [0.29, 0.717) is 0 Å². The molecule has 1 aromatic rings. The molecule has 18 heavy (non-hydrogen) atoms. The molecule has 1 rings (SSSR count). The van der Waals surface area contributed by atoms with Crippen LogP contribution < -0.4 is 0 Å². The highest BCUT2D eigenvalue weighted by molar-refractivity contribution is 5.47. The molecule has 0 aliphatic rings. The minimum absolute atomic E-state index is 1.02. The fraction of sp³-hybridized carbons (Fsp3) is 0.444. The van der Waals surface area contributed by atoms with Gasteiger partial charge >= 0.3 is 0 Å². The topological polar surface area (TPSA) is 0 Å². The molecule has 0 heterocycles. The van der Waals surface area contributed by atoms with Crippen molar-refractivity contribution in [1.29, 1.82) is 0 Å². The Labute approximate surface area is 112 Å². The molecule has 0 atom stereocenters. The van der Waals surface area contributed by atoms with E-state index in [1.54, 1.807) is 0 Å². The third kappa shape index (κ3) is 5.86. The number of allylic oxidation sites excluding steroid dienone is 1. The van der Waals surface area contributed by atoms with Crippen LogP contribution in [0.5, 0.6) is 0 Å². The predicted octanol–water partition coefficient (Wildman–Crippen LogP) is 5.79. The lowest BCUT2D eigenvalue weighted by Gasteiger charge is -2.06. The predicted molar refractivity (Wildman–Crippen MR) is 82.8 cm³/mol. The van der Waals surface area contributed by atoms with Gasteiger partial charge in [0.15, 0.2) is 0 Å². The second-order valence-electron chi connectivity index (χ2n) is 5.04. The molecule has 0 aliphatic carbocycles. The number of hydrogen-bond donors (Lipinski definition) is 0. The maximum absolute atomic E-state index is 4.19. The second-order valence-corrected chi connectivity index (χ2v) is 5.04. The SMILES string of the molecule is C=Cc1ccc(CC(=C)CCCCCCC)cc1. The standard InChI is InChI=1S/C18H26/c1-4-6-7-8-9-10-16(3)15-18-13-11-17(5-2)12-14-18/h5,11-14H,2-4,6-10,15H2,1H3. The average molecular weight is 242 g/mol. The Hall–Kier alpha value is -1.30. The van der Waals surface area contributed by atoms with Gasteiger partial charge in [0.2, 0.25) is 0 Å². The summed E-state index contributed by atoms with van der Waals surface area (Å²) in [6.45, 7) is 10.2. The molecule has 0 spiro atoms. The monoisotopic (exact) mass is 242 g/mol. The Morgan fingerprint density at radius 3 is 2.33 bits per heavy atom.